The fourth-order valence-electron chi connectivity index (χ4n) is 3.07. The molecule has 2 aliphatic carbocycles. The first-order valence-electron chi connectivity index (χ1n) is 5.41. The Labute approximate surface area is 86.0 Å². The summed E-state index contributed by atoms with van der Waals surface area (Å²) in [5.41, 5.74) is 5.94. The highest BCUT2D eigenvalue weighted by Crippen LogP contribution is 2.47. The van der Waals surface area contributed by atoms with Gasteiger partial charge in [0.25, 0.3) is 0 Å². The number of sulfone groups is 1. The van der Waals surface area contributed by atoms with Gasteiger partial charge in [0.1, 0.15) is 0 Å². The van der Waals surface area contributed by atoms with Gasteiger partial charge in [-0.25, -0.2) is 8.42 Å². The summed E-state index contributed by atoms with van der Waals surface area (Å²) >= 11 is 0. The van der Waals surface area contributed by atoms with Crippen LogP contribution < -0.4 is 5.73 Å². The maximum Gasteiger partial charge on any atom is 0.155 e. The number of rotatable bonds is 2. The van der Waals surface area contributed by atoms with Crippen molar-refractivity contribution in [1.29, 1.82) is 0 Å². The van der Waals surface area contributed by atoms with Crippen LogP contribution in [-0.4, -0.2) is 25.0 Å². The average Bonchev–Trinajstić information content (AvgIpc) is 2.61. The van der Waals surface area contributed by atoms with E-state index in [-0.39, 0.29) is 22.5 Å². The lowest BCUT2D eigenvalue weighted by Gasteiger charge is -2.28. The first-order valence-corrected chi connectivity index (χ1v) is 7.02. The smallest absolute Gasteiger partial charge is 0.155 e. The summed E-state index contributed by atoms with van der Waals surface area (Å²) in [6.45, 7) is 3.54. The molecule has 2 N–H and O–H groups in total. The third kappa shape index (κ3) is 1.39. The van der Waals surface area contributed by atoms with Gasteiger partial charge < -0.3 is 5.73 Å². The van der Waals surface area contributed by atoms with Crippen molar-refractivity contribution in [3.8, 4) is 0 Å². The van der Waals surface area contributed by atoms with Gasteiger partial charge in [0.05, 0.1) is 10.5 Å². The molecule has 2 aliphatic rings. The van der Waals surface area contributed by atoms with Crippen LogP contribution in [0.2, 0.25) is 0 Å². The van der Waals surface area contributed by atoms with E-state index in [9.17, 15) is 8.42 Å². The van der Waals surface area contributed by atoms with Crippen LogP contribution in [0.5, 0.6) is 0 Å². The monoisotopic (exact) mass is 217 g/mol. The van der Waals surface area contributed by atoms with E-state index < -0.39 is 9.84 Å². The summed E-state index contributed by atoms with van der Waals surface area (Å²) in [5, 5.41) is -0.393. The van der Waals surface area contributed by atoms with Gasteiger partial charge >= 0.3 is 0 Å². The van der Waals surface area contributed by atoms with Gasteiger partial charge in [-0.3, -0.25) is 0 Å². The number of hydrogen-bond donors (Lipinski definition) is 1. The Morgan fingerprint density at radius 1 is 1.21 bits per heavy atom. The van der Waals surface area contributed by atoms with E-state index in [2.05, 4.69) is 0 Å². The van der Waals surface area contributed by atoms with Gasteiger partial charge in [-0.15, -0.1) is 0 Å². The molecule has 0 aromatic rings. The molecular weight excluding hydrogens is 198 g/mol. The molecular formula is C10H19NO2S. The third-order valence-electron chi connectivity index (χ3n) is 3.88. The Hall–Kier alpha value is -0.0900. The second kappa shape index (κ2) is 3.20. The summed E-state index contributed by atoms with van der Waals surface area (Å²) in [7, 11) is -2.92. The van der Waals surface area contributed by atoms with Gasteiger partial charge in [0, 0.05) is 6.04 Å². The first kappa shape index (κ1) is 10.4. The lowest BCUT2D eigenvalue weighted by molar-refractivity contribution is 0.410. The Balaban J connectivity index is 2.22. The molecule has 3 nitrogen and oxygen atoms in total. The molecule has 0 aromatic carbocycles. The minimum atomic E-state index is -2.92. The molecule has 14 heavy (non-hydrogen) atoms. The zero-order chi connectivity index (χ0) is 10.5. The van der Waals surface area contributed by atoms with Gasteiger partial charge in [0.15, 0.2) is 9.84 Å². The first-order chi connectivity index (χ1) is 6.43. The zero-order valence-electron chi connectivity index (χ0n) is 8.81. The van der Waals surface area contributed by atoms with Crippen LogP contribution in [0, 0.1) is 11.8 Å². The summed E-state index contributed by atoms with van der Waals surface area (Å²) in [6.07, 6.45) is 2.94. The Morgan fingerprint density at radius 3 is 2.29 bits per heavy atom. The second-order valence-electron chi connectivity index (χ2n) is 5.08. The molecule has 2 bridgehead atoms. The molecule has 82 valence electrons. The van der Waals surface area contributed by atoms with E-state index in [4.69, 9.17) is 5.73 Å². The van der Waals surface area contributed by atoms with Crippen LogP contribution in [0.3, 0.4) is 0 Å². The zero-order valence-corrected chi connectivity index (χ0v) is 9.63. The molecule has 0 radical (unpaired) electrons. The van der Waals surface area contributed by atoms with Crippen molar-refractivity contribution in [1.82, 2.24) is 0 Å². The van der Waals surface area contributed by atoms with Crippen LogP contribution >= 0.6 is 0 Å². The minimum absolute atomic E-state index is 0.132. The SMILES string of the molecule is CC(C)S(=O)(=O)C1CC2CC(N)C1C2. The standard InChI is InChI=1S/C10H19NO2S/c1-6(2)14(12,13)10-5-7-3-8(10)9(11)4-7/h6-10H,3-5,11H2,1-2H3. The maximum absolute atomic E-state index is 12.0. The van der Waals surface area contributed by atoms with E-state index in [0.29, 0.717) is 5.92 Å². The minimum Gasteiger partial charge on any atom is -0.327 e. The van der Waals surface area contributed by atoms with Gasteiger partial charge in [-0.1, -0.05) is 0 Å². The summed E-state index contributed by atoms with van der Waals surface area (Å²) in [5.74, 6) is 0.820. The molecule has 4 atom stereocenters. The largest absolute Gasteiger partial charge is 0.327 e. The molecule has 2 fully saturated rings. The number of fused-ring (bicyclic) bond motifs is 2. The predicted molar refractivity (Wildman–Crippen MR) is 56.7 cm³/mol. The normalized spacial score (nSPS) is 42.3. The summed E-state index contributed by atoms with van der Waals surface area (Å²) < 4.78 is 24.0. The highest BCUT2D eigenvalue weighted by atomic mass is 32.2. The van der Waals surface area contributed by atoms with Crippen molar-refractivity contribution in [2.75, 3.05) is 0 Å². The third-order valence-corrected chi connectivity index (χ3v) is 6.58. The average molecular weight is 217 g/mol. The van der Waals surface area contributed by atoms with E-state index in [1.165, 1.54) is 0 Å². The Bertz CT molecular complexity index is 323. The molecule has 0 aliphatic heterocycles. The van der Waals surface area contributed by atoms with Crippen molar-refractivity contribution in [2.24, 2.45) is 17.6 Å². The highest BCUT2D eigenvalue weighted by Gasteiger charge is 2.50. The lowest BCUT2D eigenvalue weighted by atomic mass is 9.96. The van der Waals surface area contributed by atoms with E-state index in [1.54, 1.807) is 13.8 Å². The van der Waals surface area contributed by atoms with Crippen LogP contribution in [0.1, 0.15) is 33.1 Å². The van der Waals surface area contributed by atoms with Gasteiger partial charge in [0.2, 0.25) is 0 Å². The number of hydrogen-bond acceptors (Lipinski definition) is 3. The van der Waals surface area contributed by atoms with Crippen LogP contribution in [0.25, 0.3) is 0 Å². The summed E-state index contributed by atoms with van der Waals surface area (Å²) in [4.78, 5) is 0. The molecule has 0 spiro atoms. The van der Waals surface area contributed by atoms with Crippen molar-refractivity contribution in [2.45, 2.75) is 49.7 Å². The molecule has 2 rings (SSSR count). The molecule has 0 amide bonds. The van der Waals surface area contributed by atoms with Crippen LogP contribution in [0.15, 0.2) is 0 Å². The fourth-order valence-corrected chi connectivity index (χ4v) is 5.11. The quantitative estimate of drug-likeness (QED) is 0.748. The predicted octanol–water partition coefficient (Wildman–Crippen LogP) is 0.935. The van der Waals surface area contributed by atoms with E-state index >= 15 is 0 Å². The van der Waals surface area contributed by atoms with Crippen molar-refractivity contribution >= 4 is 9.84 Å². The van der Waals surface area contributed by atoms with Gasteiger partial charge in [-0.2, -0.15) is 0 Å². The molecule has 0 heterocycles. The Kier molecular flexibility index (Phi) is 2.39. The van der Waals surface area contributed by atoms with Gasteiger partial charge in [-0.05, 0) is 44.9 Å². The number of nitrogens with two attached hydrogens (primary N) is 1. The van der Waals surface area contributed by atoms with Crippen molar-refractivity contribution < 1.29 is 8.42 Å². The van der Waals surface area contributed by atoms with Crippen LogP contribution in [0.4, 0.5) is 0 Å². The molecule has 4 heteroatoms. The van der Waals surface area contributed by atoms with Crippen molar-refractivity contribution in [3.63, 3.8) is 0 Å². The second-order valence-corrected chi connectivity index (χ2v) is 7.80. The maximum atomic E-state index is 12.0. The lowest BCUT2D eigenvalue weighted by Crippen LogP contribution is -2.41. The molecule has 0 saturated heterocycles. The van der Waals surface area contributed by atoms with Crippen LogP contribution in [-0.2, 0) is 9.84 Å². The molecule has 0 aromatic heterocycles. The summed E-state index contributed by atoms with van der Waals surface area (Å²) in [6, 6.07) is 0.132. The fraction of sp³-hybridized carbons (Fsp3) is 1.00. The van der Waals surface area contributed by atoms with Crippen molar-refractivity contribution in [3.05, 3.63) is 0 Å². The Morgan fingerprint density at radius 2 is 1.86 bits per heavy atom. The topological polar surface area (TPSA) is 60.2 Å². The molecule has 4 unspecified atom stereocenters. The van der Waals surface area contributed by atoms with E-state index in [1.807, 2.05) is 0 Å². The highest BCUT2D eigenvalue weighted by molar-refractivity contribution is 7.92. The molecule has 2 saturated carbocycles. The van der Waals surface area contributed by atoms with E-state index in [0.717, 1.165) is 19.3 Å².